The number of benzene rings is 1. The molecule has 2 aliphatic rings. The van der Waals surface area contributed by atoms with Crippen LogP contribution in [0.2, 0.25) is 0 Å². The number of hydrogen-bond acceptors (Lipinski definition) is 4. The second kappa shape index (κ2) is 4.26. The number of aromatic nitrogens is 4. The number of halogens is 1. The van der Waals surface area contributed by atoms with Gasteiger partial charge in [-0.2, -0.15) is 0 Å². The van der Waals surface area contributed by atoms with Crippen LogP contribution in [0.1, 0.15) is 31.7 Å². The van der Waals surface area contributed by atoms with Crippen LogP contribution in [0, 0.1) is 17.7 Å². The van der Waals surface area contributed by atoms with Crippen LogP contribution in [-0.2, 0) is 0 Å². The quantitative estimate of drug-likeness (QED) is 0.853. The largest absolute Gasteiger partial charge is 0.399 e. The van der Waals surface area contributed by atoms with E-state index in [1.165, 1.54) is 25.3 Å². The molecule has 2 fully saturated rings. The maximum absolute atomic E-state index is 14.0. The molecule has 3 unspecified atom stereocenters. The predicted octanol–water partition coefficient (Wildman–Crippen LogP) is 2.42. The SMILES string of the molecule is Nc1ccc(F)c(-c2nnnn2C2CC3CCC2C3)c1. The van der Waals surface area contributed by atoms with E-state index in [1.807, 2.05) is 4.68 Å². The van der Waals surface area contributed by atoms with Gasteiger partial charge in [-0.3, -0.25) is 0 Å². The molecule has 5 nitrogen and oxygen atoms in total. The maximum Gasteiger partial charge on any atom is 0.185 e. The molecule has 104 valence electrons. The van der Waals surface area contributed by atoms with Gasteiger partial charge >= 0.3 is 0 Å². The molecular weight excluding hydrogens is 257 g/mol. The topological polar surface area (TPSA) is 69.6 Å². The van der Waals surface area contributed by atoms with Crippen LogP contribution in [-0.4, -0.2) is 20.2 Å². The minimum absolute atomic E-state index is 0.305. The Balaban J connectivity index is 1.77. The monoisotopic (exact) mass is 273 g/mol. The Morgan fingerprint density at radius 2 is 2.15 bits per heavy atom. The van der Waals surface area contributed by atoms with Crippen molar-refractivity contribution in [2.75, 3.05) is 5.73 Å². The smallest absolute Gasteiger partial charge is 0.185 e. The van der Waals surface area contributed by atoms with Gasteiger partial charge in [0.15, 0.2) is 5.82 Å². The van der Waals surface area contributed by atoms with Gasteiger partial charge in [-0.1, -0.05) is 6.42 Å². The molecule has 2 bridgehead atoms. The van der Waals surface area contributed by atoms with Crippen LogP contribution in [0.3, 0.4) is 0 Å². The number of nitrogen functional groups attached to an aromatic ring is 1. The van der Waals surface area contributed by atoms with E-state index in [1.54, 1.807) is 12.1 Å². The molecule has 0 spiro atoms. The highest BCUT2D eigenvalue weighted by Crippen LogP contribution is 2.51. The fraction of sp³-hybridized carbons (Fsp3) is 0.500. The van der Waals surface area contributed by atoms with Gasteiger partial charge in [-0.15, -0.1) is 5.10 Å². The van der Waals surface area contributed by atoms with E-state index in [0.717, 1.165) is 12.3 Å². The average molecular weight is 273 g/mol. The number of hydrogen-bond donors (Lipinski definition) is 1. The van der Waals surface area contributed by atoms with Crippen LogP contribution in [0.5, 0.6) is 0 Å². The van der Waals surface area contributed by atoms with Crippen molar-refractivity contribution in [3.8, 4) is 11.4 Å². The summed E-state index contributed by atoms with van der Waals surface area (Å²) in [6, 6.07) is 4.82. The summed E-state index contributed by atoms with van der Waals surface area (Å²) in [6.45, 7) is 0. The van der Waals surface area contributed by atoms with Gasteiger partial charge in [0, 0.05) is 5.69 Å². The second-order valence-electron chi connectivity index (χ2n) is 5.93. The molecule has 0 amide bonds. The van der Waals surface area contributed by atoms with Crippen molar-refractivity contribution in [3.05, 3.63) is 24.0 Å². The fourth-order valence-corrected chi connectivity index (χ4v) is 3.82. The van der Waals surface area contributed by atoms with Crippen molar-refractivity contribution in [1.82, 2.24) is 20.2 Å². The Labute approximate surface area is 116 Å². The van der Waals surface area contributed by atoms with Gasteiger partial charge in [0.2, 0.25) is 0 Å². The molecule has 4 rings (SSSR count). The number of nitrogens with two attached hydrogens (primary N) is 1. The van der Waals surface area contributed by atoms with Gasteiger partial charge in [-0.05, 0) is 59.7 Å². The Morgan fingerprint density at radius 3 is 2.90 bits per heavy atom. The Kier molecular flexibility index (Phi) is 2.52. The molecule has 0 radical (unpaired) electrons. The molecule has 3 atom stereocenters. The van der Waals surface area contributed by atoms with Crippen molar-refractivity contribution >= 4 is 5.69 Å². The third-order valence-electron chi connectivity index (χ3n) is 4.74. The molecule has 2 aliphatic carbocycles. The highest BCUT2D eigenvalue weighted by atomic mass is 19.1. The highest BCUT2D eigenvalue weighted by Gasteiger charge is 2.42. The number of fused-ring (bicyclic) bond motifs is 2. The van der Waals surface area contributed by atoms with Gasteiger partial charge in [0.05, 0.1) is 11.6 Å². The van der Waals surface area contributed by atoms with Crippen LogP contribution < -0.4 is 5.73 Å². The van der Waals surface area contributed by atoms with Gasteiger partial charge in [0.1, 0.15) is 5.82 Å². The lowest BCUT2D eigenvalue weighted by atomic mass is 9.95. The molecule has 2 saturated carbocycles. The zero-order valence-corrected chi connectivity index (χ0v) is 11.0. The molecule has 1 heterocycles. The molecule has 0 saturated heterocycles. The first-order valence-corrected chi connectivity index (χ1v) is 7.05. The van der Waals surface area contributed by atoms with E-state index in [0.29, 0.717) is 29.0 Å². The molecule has 1 aromatic heterocycles. The number of nitrogens with zero attached hydrogens (tertiary/aromatic N) is 4. The molecule has 2 N–H and O–H groups in total. The van der Waals surface area contributed by atoms with Crippen LogP contribution in [0.25, 0.3) is 11.4 Å². The van der Waals surface area contributed by atoms with E-state index >= 15 is 0 Å². The first-order chi connectivity index (χ1) is 9.72. The summed E-state index contributed by atoms with van der Waals surface area (Å²) in [5, 5.41) is 11.9. The summed E-state index contributed by atoms with van der Waals surface area (Å²) >= 11 is 0. The summed E-state index contributed by atoms with van der Waals surface area (Å²) in [7, 11) is 0. The molecule has 20 heavy (non-hydrogen) atoms. The number of anilines is 1. The first-order valence-electron chi connectivity index (χ1n) is 7.05. The molecule has 0 aliphatic heterocycles. The third-order valence-corrected chi connectivity index (χ3v) is 4.74. The molecule has 2 aromatic rings. The Bertz CT molecular complexity index is 653. The predicted molar refractivity (Wildman–Crippen MR) is 72.1 cm³/mol. The Hall–Kier alpha value is -1.98. The molecular formula is C14H16FN5. The van der Waals surface area contributed by atoms with Crippen molar-refractivity contribution in [2.45, 2.75) is 31.7 Å². The summed E-state index contributed by atoms with van der Waals surface area (Å²) in [5.41, 5.74) is 6.66. The van der Waals surface area contributed by atoms with Gasteiger partial charge in [-0.25, -0.2) is 9.07 Å². The van der Waals surface area contributed by atoms with Crippen molar-refractivity contribution in [2.24, 2.45) is 11.8 Å². The molecule has 6 heteroatoms. The fourth-order valence-electron chi connectivity index (χ4n) is 3.82. The lowest BCUT2D eigenvalue weighted by Gasteiger charge is -2.22. The minimum atomic E-state index is -0.335. The lowest BCUT2D eigenvalue weighted by Crippen LogP contribution is -2.18. The van der Waals surface area contributed by atoms with E-state index in [9.17, 15) is 4.39 Å². The van der Waals surface area contributed by atoms with Crippen molar-refractivity contribution in [1.29, 1.82) is 0 Å². The Morgan fingerprint density at radius 1 is 1.25 bits per heavy atom. The summed E-state index contributed by atoms with van der Waals surface area (Å²) < 4.78 is 15.8. The normalized spacial score (nSPS) is 28.1. The standard InChI is InChI=1S/C14H16FN5/c15-12-4-3-10(16)7-11(12)14-17-18-19-20(14)13-6-8-1-2-9(13)5-8/h3-4,7-9,13H,1-2,5-6,16H2. The third kappa shape index (κ3) is 1.71. The average Bonchev–Trinajstić information content (AvgIpc) is 3.15. The van der Waals surface area contributed by atoms with Crippen molar-refractivity contribution in [3.63, 3.8) is 0 Å². The van der Waals surface area contributed by atoms with Crippen LogP contribution in [0.4, 0.5) is 10.1 Å². The van der Waals surface area contributed by atoms with E-state index in [2.05, 4.69) is 15.5 Å². The zero-order chi connectivity index (χ0) is 13.7. The highest BCUT2D eigenvalue weighted by molar-refractivity contribution is 5.61. The first kappa shape index (κ1) is 11.8. The van der Waals surface area contributed by atoms with Crippen molar-refractivity contribution < 1.29 is 4.39 Å². The summed E-state index contributed by atoms with van der Waals surface area (Å²) in [4.78, 5) is 0. The van der Waals surface area contributed by atoms with E-state index in [-0.39, 0.29) is 5.82 Å². The van der Waals surface area contributed by atoms with Crippen LogP contribution >= 0.6 is 0 Å². The number of rotatable bonds is 2. The van der Waals surface area contributed by atoms with Gasteiger partial charge < -0.3 is 5.73 Å². The zero-order valence-electron chi connectivity index (χ0n) is 11.0. The lowest BCUT2D eigenvalue weighted by molar-refractivity contribution is 0.304. The summed E-state index contributed by atoms with van der Waals surface area (Å²) in [5.74, 6) is 1.57. The second-order valence-corrected chi connectivity index (χ2v) is 5.93. The minimum Gasteiger partial charge on any atom is -0.399 e. The summed E-state index contributed by atoms with van der Waals surface area (Å²) in [6.07, 6.45) is 4.90. The van der Waals surface area contributed by atoms with E-state index < -0.39 is 0 Å². The van der Waals surface area contributed by atoms with Crippen LogP contribution in [0.15, 0.2) is 18.2 Å². The molecule has 1 aromatic carbocycles. The number of tetrazole rings is 1. The maximum atomic E-state index is 14.0. The van der Waals surface area contributed by atoms with Gasteiger partial charge in [0.25, 0.3) is 0 Å². The van der Waals surface area contributed by atoms with E-state index in [4.69, 9.17) is 5.73 Å².